The predicted molar refractivity (Wildman–Crippen MR) is 122 cm³/mol. The van der Waals surface area contributed by atoms with Gasteiger partial charge in [0.2, 0.25) is 0 Å². The molecule has 0 radical (unpaired) electrons. The highest BCUT2D eigenvalue weighted by Gasteiger charge is 2.22. The van der Waals surface area contributed by atoms with Crippen molar-refractivity contribution >= 4 is 17.3 Å². The van der Waals surface area contributed by atoms with Crippen LogP contribution in [0.2, 0.25) is 0 Å². The van der Waals surface area contributed by atoms with E-state index in [1.54, 1.807) is 0 Å². The third-order valence-corrected chi connectivity index (χ3v) is 6.05. The number of amidine groups is 1. The first kappa shape index (κ1) is 21.4. The van der Waals surface area contributed by atoms with Gasteiger partial charge in [-0.05, 0) is 74.8 Å². The van der Waals surface area contributed by atoms with Crippen LogP contribution in [0.5, 0.6) is 0 Å². The normalized spacial score (nSPS) is 18.2. The van der Waals surface area contributed by atoms with Crippen molar-refractivity contribution in [2.45, 2.75) is 59.3 Å². The largest absolute Gasteiger partial charge is 0.360 e. The first-order chi connectivity index (χ1) is 14.0. The molecule has 1 aromatic carbocycles. The van der Waals surface area contributed by atoms with Crippen molar-refractivity contribution in [3.8, 4) is 0 Å². The van der Waals surface area contributed by atoms with E-state index in [0.29, 0.717) is 0 Å². The van der Waals surface area contributed by atoms with Crippen LogP contribution < -0.4 is 0 Å². The topological polar surface area (TPSA) is 35.9 Å². The number of hydrogen-bond acceptors (Lipinski definition) is 2. The van der Waals surface area contributed by atoms with Crippen LogP contribution in [0.1, 0.15) is 75.2 Å². The number of hydrogen-bond donors (Lipinski definition) is 0. The third kappa shape index (κ3) is 5.17. The molecule has 0 aromatic heterocycles. The Labute approximate surface area is 176 Å². The average Bonchev–Trinajstić information content (AvgIpc) is 2.70. The Morgan fingerprint density at radius 1 is 1.00 bits per heavy atom. The Kier molecular flexibility index (Phi) is 7.29. The molecule has 1 aromatic rings. The number of amides is 1. The summed E-state index contributed by atoms with van der Waals surface area (Å²) in [5.41, 5.74) is 4.99. The Balaban J connectivity index is 1.84. The molecule has 2 fully saturated rings. The van der Waals surface area contributed by atoms with Crippen molar-refractivity contribution in [3.63, 3.8) is 0 Å². The molecule has 2 saturated heterocycles. The lowest BCUT2D eigenvalue weighted by Gasteiger charge is -2.31. The summed E-state index contributed by atoms with van der Waals surface area (Å²) in [4.78, 5) is 21.9. The van der Waals surface area contributed by atoms with Crippen LogP contribution in [0.25, 0.3) is 5.57 Å². The van der Waals surface area contributed by atoms with Gasteiger partial charge in [-0.3, -0.25) is 4.79 Å². The molecule has 0 saturated carbocycles. The molecule has 29 heavy (non-hydrogen) atoms. The summed E-state index contributed by atoms with van der Waals surface area (Å²) in [5, 5.41) is 0. The zero-order valence-corrected chi connectivity index (χ0v) is 18.3. The number of benzene rings is 1. The lowest BCUT2D eigenvalue weighted by atomic mass is 9.93. The third-order valence-electron chi connectivity index (χ3n) is 6.05. The second kappa shape index (κ2) is 9.91. The SMILES string of the molecule is C=C(/C(CCC)=C(/C)N=C(C)N1CCCCC1)c1cccc(C(=O)N2CCC2)c1. The van der Waals surface area contributed by atoms with Crippen LogP contribution >= 0.6 is 0 Å². The molecule has 2 heterocycles. The number of rotatable bonds is 6. The number of aliphatic imine (C=N–C) groups is 1. The van der Waals surface area contributed by atoms with Crippen molar-refractivity contribution in [2.24, 2.45) is 4.99 Å². The summed E-state index contributed by atoms with van der Waals surface area (Å²) >= 11 is 0. The van der Waals surface area contributed by atoms with Gasteiger partial charge in [0.25, 0.3) is 5.91 Å². The molecule has 2 aliphatic rings. The van der Waals surface area contributed by atoms with Crippen LogP contribution in [0.15, 0.2) is 47.1 Å². The summed E-state index contributed by atoms with van der Waals surface area (Å²) in [6.07, 6.45) is 6.91. The maximum Gasteiger partial charge on any atom is 0.253 e. The van der Waals surface area contributed by atoms with Gasteiger partial charge in [-0.2, -0.15) is 0 Å². The van der Waals surface area contributed by atoms with Crippen molar-refractivity contribution in [1.29, 1.82) is 0 Å². The molecule has 156 valence electrons. The number of likely N-dealkylation sites (tertiary alicyclic amines) is 2. The van der Waals surface area contributed by atoms with E-state index in [1.165, 1.54) is 24.8 Å². The predicted octanol–water partition coefficient (Wildman–Crippen LogP) is 5.52. The van der Waals surface area contributed by atoms with E-state index in [4.69, 9.17) is 4.99 Å². The zero-order valence-electron chi connectivity index (χ0n) is 18.3. The molecule has 0 N–H and O–H groups in total. The highest BCUT2D eigenvalue weighted by molar-refractivity contribution is 5.96. The van der Waals surface area contributed by atoms with Gasteiger partial charge in [-0.1, -0.05) is 32.1 Å². The fraction of sp³-hybridized carbons (Fsp3) is 0.520. The molecule has 0 spiro atoms. The summed E-state index contributed by atoms with van der Waals surface area (Å²) < 4.78 is 0. The summed E-state index contributed by atoms with van der Waals surface area (Å²) in [6, 6.07) is 7.92. The average molecular weight is 394 g/mol. The van der Waals surface area contributed by atoms with Gasteiger partial charge >= 0.3 is 0 Å². The van der Waals surface area contributed by atoms with E-state index in [9.17, 15) is 4.79 Å². The molecule has 0 atom stereocenters. The van der Waals surface area contributed by atoms with Crippen LogP contribution in [0, 0.1) is 0 Å². The molecule has 1 amide bonds. The van der Waals surface area contributed by atoms with Gasteiger partial charge in [0.05, 0.1) is 0 Å². The molecular formula is C25H35N3O. The number of allylic oxidation sites excluding steroid dienone is 3. The van der Waals surface area contributed by atoms with Gasteiger partial charge < -0.3 is 9.80 Å². The number of nitrogens with zero attached hydrogens (tertiary/aromatic N) is 3. The van der Waals surface area contributed by atoms with E-state index in [-0.39, 0.29) is 5.91 Å². The minimum atomic E-state index is 0.127. The van der Waals surface area contributed by atoms with Crippen molar-refractivity contribution in [3.05, 3.63) is 53.2 Å². The number of piperidine rings is 1. The van der Waals surface area contributed by atoms with Gasteiger partial charge in [0, 0.05) is 37.4 Å². The second-order valence-corrected chi connectivity index (χ2v) is 8.23. The Hall–Kier alpha value is -2.36. The quantitative estimate of drug-likeness (QED) is 0.362. The minimum Gasteiger partial charge on any atom is -0.360 e. The maximum absolute atomic E-state index is 12.6. The molecule has 0 aliphatic carbocycles. The van der Waals surface area contributed by atoms with E-state index in [0.717, 1.165) is 73.7 Å². The Morgan fingerprint density at radius 2 is 1.66 bits per heavy atom. The fourth-order valence-electron chi connectivity index (χ4n) is 4.11. The van der Waals surface area contributed by atoms with Crippen LogP contribution in [-0.2, 0) is 0 Å². The highest BCUT2D eigenvalue weighted by Crippen LogP contribution is 2.29. The maximum atomic E-state index is 12.6. The standard InChI is InChI=1S/C25H35N3O/c1-5-11-24(20(3)26-21(4)27-14-7-6-8-15-27)19(2)22-12-9-13-23(18-22)25(29)28-16-10-17-28/h9,12-13,18H,2,5-8,10-11,14-17H2,1,3-4H3/b24-20-,26-21?. The lowest BCUT2D eigenvalue weighted by Crippen LogP contribution is -2.42. The van der Waals surface area contributed by atoms with E-state index in [1.807, 2.05) is 23.1 Å². The molecule has 4 nitrogen and oxygen atoms in total. The molecular weight excluding hydrogens is 358 g/mol. The first-order valence-electron chi connectivity index (χ1n) is 11.1. The lowest BCUT2D eigenvalue weighted by molar-refractivity contribution is 0.0652. The smallest absolute Gasteiger partial charge is 0.253 e. The Bertz CT molecular complexity index is 811. The van der Waals surface area contributed by atoms with Crippen LogP contribution in [-0.4, -0.2) is 47.7 Å². The van der Waals surface area contributed by atoms with Crippen LogP contribution in [0.4, 0.5) is 0 Å². The van der Waals surface area contributed by atoms with Gasteiger partial charge in [-0.25, -0.2) is 4.99 Å². The van der Waals surface area contributed by atoms with Crippen molar-refractivity contribution < 1.29 is 4.79 Å². The minimum absolute atomic E-state index is 0.127. The Morgan fingerprint density at radius 3 is 2.28 bits per heavy atom. The highest BCUT2D eigenvalue weighted by atomic mass is 16.2. The van der Waals surface area contributed by atoms with Crippen molar-refractivity contribution in [2.75, 3.05) is 26.2 Å². The zero-order chi connectivity index (χ0) is 20.8. The second-order valence-electron chi connectivity index (χ2n) is 8.23. The monoisotopic (exact) mass is 393 g/mol. The summed E-state index contributed by atoms with van der Waals surface area (Å²) in [7, 11) is 0. The van der Waals surface area contributed by atoms with Crippen molar-refractivity contribution in [1.82, 2.24) is 9.80 Å². The molecule has 4 heteroatoms. The van der Waals surface area contributed by atoms with Gasteiger partial charge in [-0.15, -0.1) is 0 Å². The number of carbonyl (C=O) groups is 1. The van der Waals surface area contributed by atoms with Gasteiger partial charge in [0.1, 0.15) is 5.84 Å². The van der Waals surface area contributed by atoms with Gasteiger partial charge in [0.15, 0.2) is 0 Å². The summed E-state index contributed by atoms with van der Waals surface area (Å²) in [6.45, 7) is 14.7. The number of carbonyl (C=O) groups excluding carboxylic acids is 1. The van der Waals surface area contributed by atoms with E-state index in [2.05, 4.69) is 38.3 Å². The molecule has 2 aliphatic heterocycles. The van der Waals surface area contributed by atoms with Crippen LogP contribution in [0.3, 0.4) is 0 Å². The fourth-order valence-corrected chi connectivity index (χ4v) is 4.11. The first-order valence-corrected chi connectivity index (χ1v) is 11.1. The van der Waals surface area contributed by atoms with E-state index < -0.39 is 0 Å². The molecule has 0 unspecified atom stereocenters. The molecule has 0 bridgehead atoms. The van der Waals surface area contributed by atoms with E-state index >= 15 is 0 Å². The summed E-state index contributed by atoms with van der Waals surface area (Å²) in [5.74, 6) is 1.23. The molecule has 3 rings (SSSR count).